The minimum Gasteiger partial charge on any atom is -0.478 e. The van der Waals surface area contributed by atoms with Gasteiger partial charge >= 0.3 is 12.0 Å². The summed E-state index contributed by atoms with van der Waals surface area (Å²) in [5, 5.41) is 17.6. The number of rotatable bonds is 8. The molecule has 2 rings (SSSR count). The summed E-state index contributed by atoms with van der Waals surface area (Å²) in [6.45, 7) is 2.94. The van der Waals surface area contributed by atoms with Crippen LogP contribution in [-0.4, -0.2) is 35.1 Å². The van der Waals surface area contributed by atoms with Crippen molar-refractivity contribution in [3.05, 3.63) is 35.4 Å². The minimum atomic E-state index is -0.981. The standard InChI is InChI=1S/C20H29N3O4/c1-2-3-13-21-19(27)23-20(11-5-4-6-12-20)18(26)22-14-15-7-9-16(10-8-15)17(24)25/h7-10H,2-6,11-14H2,1H3,(H,22,26)(H,24,25)(H2,21,23,27). The number of unbranched alkanes of at least 4 members (excludes halogenated alkanes) is 1. The number of hydrogen-bond donors (Lipinski definition) is 4. The van der Waals surface area contributed by atoms with E-state index in [4.69, 9.17) is 5.11 Å². The number of carboxylic acid groups (broad SMARTS) is 1. The van der Waals surface area contributed by atoms with Crippen LogP contribution in [0, 0.1) is 0 Å². The fraction of sp³-hybridized carbons (Fsp3) is 0.550. The summed E-state index contributed by atoms with van der Waals surface area (Å²) in [5.41, 5.74) is 0.140. The van der Waals surface area contributed by atoms with Gasteiger partial charge in [0.1, 0.15) is 5.54 Å². The maximum atomic E-state index is 12.9. The topological polar surface area (TPSA) is 108 Å². The zero-order chi connectivity index (χ0) is 19.7. The summed E-state index contributed by atoms with van der Waals surface area (Å²) >= 11 is 0. The molecule has 1 aliphatic carbocycles. The monoisotopic (exact) mass is 375 g/mol. The fourth-order valence-corrected chi connectivity index (χ4v) is 3.32. The molecule has 1 aromatic carbocycles. The van der Waals surface area contributed by atoms with E-state index in [9.17, 15) is 14.4 Å². The molecule has 0 aliphatic heterocycles. The van der Waals surface area contributed by atoms with Crippen LogP contribution in [0.25, 0.3) is 0 Å². The Morgan fingerprint density at radius 1 is 1.04 bits per heavy atom. The number of hydrogen-bond acceptors (Lipinski definition) is 3. The van der Waals surface area contributed by atoms with E-state index in [0.29, 0.717) is 25.9 Å². The number of carbonyl (C=O) groups excluding carboxylic acids is 2. The van der Waals surface area contributed by atoms with Crippen LogP contribution in [0.15, 0.2) is 24.3 Å². The van der Waals surface area contributed by atoms with Crippen molar-refractivity contribution in [1.29, 1.82) is 0 Å². The molecule has 0 radical (unpaired) electrons. The first-order valence-electron chi connectivity index (χ1n) is 9.63. The van der Waals surface area contributed by atoms with Crippen LogP contribution in [0.4, 0.5) is 4.79 Å². The van der Waals surface area contributed by atoms with Crippen molar-refractivity contribution in [1.82, 2.24) is 16.0 Å². The quantitative estimate of drug-likeness (QED) is 0.524. The van der Waals surface area contributed by atoms with Gasteiger partial charge in [0.05, 0.1) is 5.56 Å². The van der Waals surface area contributed by atoms with Gasteiger partial charge in [-0.1, -0.05) is 44.7 Å². The molecule has 0 unspecified atom stereocenters. The van der Waals surface area contributed by atoms with Crippen molar-refractivity contribution < 1.29 is 19.5 Å². The van der Waals surface area contributed by atoms with Crippen molar-refractivity contribution >= 4 is 17.9 Å². The Bertz CT molecular complexity index is 652. The highest BCUT2D eigenvalue weighted by Gasteiger charge is 2.40. The molecule has 7 nitrogen and oxygen atoms in total. The van der Waals surface area contributed by atoms with Crippen molar-refractivity contribution in [2.75, 3.05) is 6.54 Å². The largest absolute Gasteiger partial charge is 0.478 e. The molecule has 4 N–H and O–H groups in total. The van der Waals surface area contributed by atoms with Crippen LogP contribution in [0.2, 0.25) is 0 Å². The molecule has 1 aliphatic rings. The molecule has 1 aromatic rings. The summed E-state index contributed by atoms with van der Waals surface area (Å²) in [5.74, 6) is -1.17. The highest BCUT2D eigenvalue weighted by Crippen LogP contribution is 2.28. The van der Waals surface area contributed by atoms with Gasteiger partial charge in [-0.05, 0) is 37.0 Å². The molecule has 27 heavy (non-hydrogen) atoms. The van der Waals surface area contributed by atoms with Crippen LogP contribution in [0.1, 0.15) is 67.8 Å². The first-order valence-corrected chi connectivity index (χ1v) is 9.63. The second kappa shape index (κ2) is 9.94. The summed E-state index contributed by atoms with van der Waals surface area (Å²) < 4.78 is 0. The van der Waals surface area contributed by atoms with Gasteiger partial charge in [0.15, 0.2) is 0 Å². The van der Waals surface area contributed by atoms with E-state index in [0.717, 1.165) is 37.7 Å². The summed E-state index contributed by atoms with van der Waals surface area (Å²) in [7, 11) is 0. The third kappa shape index (κ3) is 5.98. The smallest absolute Gasteiger partial charge is 0.335 e. The maximum absolute atomic E-state index is 12.9. The number of benzene rings is 1. The van der Waals surface area contributed by atoms with Crippen molar-refractivity contribution in [3.8, 4) is 0 Å². The zero-order valence-electron chi connectivity index (χ0n) is 15.8. The van der Waals surface area contributed by atoms with Gasteiger partial charge in [0.25, 0.3) is 0 Å². The lowest BCUT2D eigenvalue weighted by Crippen LogP contribution is -2.61. The third-order valence-electron chi connectivity index (χ3n) is 4.96. The normalized spacial score (nSPS) is 15.6. The fourth-order valence-electron chi connectivity index (χ4n) is 3.32. The highest BCUT2D eigenvalue weighted by molar-refractivity contribution is 5.91. The zero-order valence-corrected chi connectivity index (χ0v) is 15.8. The highest BCUT2D eigenvalue weighted by atomic mass is 16.4. The van der Waals surface area contributed by atoms with Gasteiger partial charge in [0.2, 0.25) is 5.91 Å². The Balaban J connectivity index is 1.97. The predicted molar refractivity (Wildman–Crippen MR) is 103 cm³/mol. The van der Waals surface area contributed by atoms with Gasteiger partial charge in [-0.15, -0.1) is 0 Å². The van der Waals surface area contributed by atoms with Crippen LogP contribution in [-0.2, 0) is 11.3 Å². The summed E-state index contributed by atoms with van der Waals surface area (Å²) in [6, 6.07) is 6.09. The van der Waals surface area contributed by atoms with Crippen LogP contribution >= 0.6 is 0 Å². The Morgan fingerprint density at radius 2 is 1.70 bits per heavy atom. The molecule has 0 saturated heterocycles. The SMILES string of the molecule is CCCCNC(=O)NC1(C(=O)NCc2ccc(C(=O)O)cc2)CCCCC1. The third-order valence-corrected chi connectivity index (χ3v) is 4.96. The average molecular weight is 375 g/mol. The molecule has 148 valence electrons. The molecule has 0 bridgehead atoms. The maximum Gasteiger partial charge on any atom is 0.335 e. The number of urea groups is 1. The van der Waals surface area contributed by atoms with Crippen molar-refractivity contribution in [2.24, 2.45) is 0 Å². The summed E-state index contributed by atoms with van der Waals surface area (Å²) in [4.78, 5) is 36.0. The lowest BCUT2D eigenvalue weighted by atomic mass is 9.81. The van der Waals surface area contributed by atoms with E-state index in [2.05, 4.69) is 22.9 Å². The van der Waals surface area contributed by atoms with Crippen molar-refractivity contribution in [2.45, 2.75) is 64.0 Å². The molecule has 3 amide bonds. The molecule has 1 saturated carbocycles. The van der Waals surface area contributed by atoms with E-state index in [1.807, 2.05) is 0 Å². The summed E-state index contributed by atoms with van der Waals surface area (Å²) in [6.07, 6.45) is 6.00. The van der Waals surface area contributed by atoms with Crippen LogP contribution in [0.5, 0.6) is 0 Å². The van der Waals surface area contributed by atoms with Crippen molar-refractivity contribution in [3.63, 3.8) is 0 Å². The van der Waals surface area contributed by atoms with Crippen LogP contribution in [0.3, 0.4) is 0 Å². The van der Waals surface area contributed by atoms with Gasteiger partial charge in [0, 0.05) is 13.1 Å². The first kappa shape index (κ1) is 20.7. The second-order valence-electron chi connectivity index (χ2n) is 7.06. The average Bonchev–Trinajstić information content (AvgIpc) is 2.67. The number of carboxylic acids is 1. The molecule has 7 heteroatoms. The predicted octanol–water partition coefficient (Wildman–Crippen LogP) is 2.80. The second-order valence-corrected chi connectivity index (χ2v) is 7.06. The number of aromatic carboxylic acids is 1. The number of amides is 3. The van der Waals surface area contributed by atoms with Gasteiger partial charge in [-0.25, -0.2) is 9.59 Å². The molecule has 1 fully saturated rings. The van der Waals surface area contributed by atoms with E-state index >= 15 is 0 Å². The van der Waals surface area contributed by atoms with Gasteiger partial charge < -0.3 is 21.1 Å². The molecular formula is C20H29N3O4. The molecular weight excluding hydrogens is 346 g/mol. The van der Waals surface area contributed by atoms with E-state index in [1.54, 1.807) is 12.1 Å². The van der Waals surface area contributed by atoms with E-state index in [1.165, 1.54) is 12.1 Å². The number of nitrogens with one attached hydrogen (secondary N) is 3. The minimum absolute atomic E-state index is 0.185. The molecule has 0 atom stereocenters. The van der Waals surface area contributed by atoms with E-state index in [-0.39, 0.29) is 17.5 Å². The van der Waals surface area contributed by atoms with E-state index < -0.39 is 11.5 Å². The van der Waals surface area contributed by atoms with Gasteiger partial charge in [-0.3, -0.25) is 4.79 Å². The number of carbonyl (C=O) groups is 3. The first-order chi connectivity index (χ1) is 13.0. The van der Waals surface area contributed by atoms with Gasteiger partial charge in [-0.2, -0.15) is 0 Å². The Labute approximate surface area is 159 Å². The molecule has 0 aromatic heterocycles. The Kier molecular flexibility index (Phi) is 7.64. The lowest BCUT2D eigenvalue weighted by molar-refractivity contribution is -0.128. The Morgan fingerprint density at radius 3 is 2.30 bits per heavy atom. The molecule has 0 heterocycles. The Hall–Kier alpha value is -2.57. The van der Waals surface area contributed by atoms with Crippen LogP contribution < -0.4 is 16.0 Å². The lowest BCUT2D eigenvalue weighted by Gasteiger charge is -2.36. The molecule has 0 spiro atoms.